The number of ether oxygens (including phenoxy) is 1. The number of methoxy groups -OCH3 is 1. The molecule has 1 atom stereocenters. The normalized spacial score (nSPS) is 19.1. The van der Waals surface area contributed by atoms with Gasteiger partial charge in [0.05, 0.1) is 36.2 Å². The van der Waals surface area contributed by atoms with Crippen molar-refractivity contribution in [2.45, 2.75) is 19.9 Å². The molecule has 1 aromatic heterocycles. The maximum Gasteiger partial charge on any atom is 0.0711 e. The van der Waals surface area contributed by atoms with Gasteiger partial charge in [-0.2, -0.15) is 5.10 Å². The first-order valence-corrected chi connectivity index (χ1v) is 7.18. The summed E-state index contributed by atoms with van der Waals surface area (Å²) >= 11 is 0. The van der Waals surface area contributed by atoms with Gasteiger partial charge in [0.15, 0.2) is 0 Å². The fourth-order valence-corrected chi connectivity index (χ4v) is 3.00. The highest BCUT2D eigenvalue weighted by Crippen LogP contribution is 2.35. The summed E-state index contributed by atoms with van der Waals surface area (Å²) in [7, 11) is 1.71. The van der Waals surface area contributed by atoms with Crippen molar-refractivity contribution in [3.8, 4) is 0 Å². The summed E-state index contributed by atoms with van der Waals surface area (Å²) in [5.74, 6) is 0.730. The Kier molecular flexibility index (Phi) is 3.53. The third-order valence-electron chi connectivity index (χ3n) is 4.08. The summed E-state index contributed by atoms with van der Waals surface area (Å²) in [4.78, 5) is 2.39. The van der Waals surface area contributed by atoms with E-state index in [0.29, 0.717) is 6.61 Å². The van der Waals surface area contributed by atoms with Crippen LogP contribution in [0.2, 0.25) is 0 Å². The number of anilines is 2. The van der Waals surface area contributed by atoms with Gasteiger partial charge in [0.1, 0.15) is 0 Å². The van der Waals surface area contributed by atoms with Crippen LogP contribution in [0.25, 0.3) is 10.9 Å². The van der Waals surface area contributed by atoms with Crippen LogP contribution in [0.1, 0.15) is 13.3 Å². The molecule has 1 aromatic carbocycles. The molecule has 2 N–H and O–H groups in total. The molecule has 1 fully saturated rings. The molecule has 0 aliphatic carbocycles. The van der Waals surface area contributed by atoms with E-state index in [4.69, 9.17) is 10.5 Å². The smallest absolute Gasteiger partial charge is 0.0711 e. The SMILES string of the molecule is COCCn1ncc2c(N3CC[C@H](C)C3)c(N)ccc21. The average molecular weight is 274 g/mol. The highest BCUT2D eigenvalue weighted by molar-refractivity contribution is 5.98. The Balaban J connectivity index is 2.02. The zero-order chi connectivity index (χ0) is 14.1. The van der Waals surface area contributed by atoms with E-state index in [1.54, 1.807) is 7.11 Å². The summed E-state index contributed by atoms with van der Waals surface area (Å²) in [5.41, 5.74) is 9.34. The number of aromatic nitrogens is 2. The molecule has 0 radical (unpaired) electrons. The van der Waals surface area contributed by atoms with E-state index in [0.717, 1.165) is 47.8 Å². The quantitative estimate of drug-likeness (QED) is 0.868. The second-order valence-corrected chi connectivity index (χ2v) is 5.64. The second kappa shape index (κ2) is 5.32. The van der Waals surface area contributed by atoms with Gasteiger partial charge in [0.2, 0.25) is 0 Å². The molecule has 108 valence electrons. The number of benzene rings is 1. The predicted molar refractivity (Wildman–Crippen MR) is 82.0 cm³/mol. The van der Waals surface area contributed by atoms with E-state index < -0.39 is 0 Å². The number of nitrogens with zero attached hydrogens (tertiary/aromatic N) is 3. The van der Waals surface area contributed by atoms with Crippen molar-refractivity contribution in [3.63, 3.8) is 0 Å². The summed E-state index contributed by atoms with van der Waals surface area (Å²) in [5, 5.41) is 5.63. The minimum Gasteiger partial charge on any atom is -0.397 e. The van der Waals surface area contributed by atoms with Gasteiger partial charge in [-0.1, -0.05) is 6.92 Å². The Morgan fingerprint density at radius 2 is 2.30 bits per heavy atom. The molecule has 2 heterocycles. The first-order chi connectivity index (χ1) is 9.70. The third-order valence-corrected chi connectivity index (χ3v) is 4.08. The average Bonchev–Trinajstić information content (AvgIpc) is 3.03. The monoisotopic (exact) mass is 274 g/mol. The third kappa shape index (κ3) is 2.22. The topological polar surface area (TPSA) is 56.3 Å². The number of hydrogen-bond acceptors (Lipinski definition) is 4. The molecule has 0 spiro atoms. The zero-order valence-electron chi connectivity index (χ0n) is 12.2. The fourth-order valence-electron chi connectivity index (χ4n) is 3.00. The molecule has 0 bridgehead atoms. The van der Waals surface area contributed by atoms with Crippen molar-refractivity contribution in [3.05, 3.63) is 18.3 Å². The van der Waals surface area contributed by atoms with Crippen LogP contribution >= 0.6 is 0 Å². The van der Waals surface area contributed by atoms with Crippen LogP contribution in [0.4, 0.5) is 11.4 Å². The number of nitrogens with two attached hydrogens (primary N) is 1. The zero-order valence-corrected chi connectivity index (χ0v) is 12.2. The van der Waals surface area contributed by atoms with Gasteiger partial charge in [-0.25, -0.2) is 0 Å². The summed E-state index contributed by atoms with van der Waals surface area (Å²) < 4.78 is 7.12. The Morgan fingerprint density at radius 3 is 3.00 bits per heavy atom. The lowest BCUT2D eigenvalue weighted by molar-refractivity contribution is 0.185. The van der Waals surface area contributed by atoms with Gasteiger partial charge in [-0.3, -0.25) is 4.68 Å². The summed E-state index contributed by atoms with van der Waals surface area (Å²) in [6, 6.07) is 4.04. The van der Waals surface area contributed by atoms with Crippen LogP contribution in [0.15, 0.2) is 18.3 Å². The van der Waals surface area contributed by atoms with Crippen LogP contribution in [0, 0.1) is 5.92 Å². The first-order valence-electron chi connectivity index (χ1n) is 7.18. The molecule has 3 rings (SSSR count). The predicted octanol–water partition coefficient (Wildman–Crippen LogP) is 2.11. The molecule has 0 amide bonds. The fraction of sp³-hybridized carbons (Fsp3) is 0.533. The van der Waals surface area contributed by atoms with Crippen LogP contribution in [0.5, 0.6) is 0 Å². The lowest BCUT2D eigenvalue weighted by Crippen LogP contribution is -2.20. The second-order valence-electron chi connectivity index (χ2n) is 5.64. The van der Waals surface area contributed by atoms with E-state index in [9.17, 15) is 0 Å². The van der Waals surface area contributed by atoms with Crippen LogP contribution in [0.3, 0.4) is 0 Å². The lowest BCUT2D eigenvalue weighted by atomic mass is 10.1. The van der Waals surface area contributed by atoms with E-state index in [1.807, 2.05) is 16.9 Å². The van der Waals surface area contributed by atoms with Crippen LogP contribution < -0.4 is 10.6 Å². The first kappa shape index (κ1) is 13.2. The maximum absolute atomic E-state index is 6.22. The highest BCUT2D eigenvalue weighted by Gasteiger charge is 2.23. The minimum atomic E-state index is 0.664. The number of hydrogen-bond donors (Lipinski definition) is 1. The van der Waals surface area contributed by atoms with Crippen molar-refractivity contribution in [1.29, 1.82) is 0 Å². The standard InChI is InChI=1S/C15H22N4O/c1-11-5-6-18(10-11)15-12-9-17-19(7-8-20-2)14(12)4-3-13(15)16/h3-4,9,11H,5-8,10,16H2,1-2H3/t11-/m0/s1. The van der Waals surface area contributed by atoms with Crippen LogP contribution in [-0.4, -0.2) is 36.6 Å². The van der Waals surface area contributed by atoms with Crippen molar-refractivity contribution >= 4 is 22.3 Å². The van der Waals surface area contributed by atoms with Crippen molar-refractivity contribution in [2.24, 2.45) is 5.92 Å². The minimum absolute atomic E-state index is 0.664. The molecule has 0 unspecified atom stereocenters. The molecular weight excluding hydrogens is 252 g/mol. The largest absolute Gasteiger partial charge is 0.397 e. The highest BCUT2D eigenvalue weighted by atomic mass is 16.5. The maximum atomic E-state index is 6.22. The number of fused-ring (bicyclic) bond motifs is 1. The van der Waals surface area contributed by atoms with Gasteiger partial charge in [0, 0.05) is 25.6 Å². The van der Waals surface area contributed by atoms with Crippen molar-refractivity contribution in [1.82, 2.24) is 9.78 Å². The summed E-state index contributed by atoms with van der Waals surface area (Å²) in [6.07, 6.45) is 3.16. The Labute approximate surface area is 119 Å². The molecule has 20 heavy (non-hydrogen) atoms. The molecular formula is C15H22N4O. The van der Waals surface area contributed by atoms with Crippen LogP contribution in [-0.2, 0) is 11.3 Å². The molecule has 5 nitrogen and oxygen atoms in total. The van der Waals surface area contributed by atoms with E-state index in [-0.39, 0.29) is 0 Å². The lowest BCUT2D eigenvalue weighted by Gasteiger charge is -2.21. The van der Waals surface area contributed by atoms with E-state index in [1.165, 1.54) is 6.42 Å². The number of rotatable bonds is 4. The van der Waals surface area contributed by atoms with E-state index in [2.05, 4.69) is 23.0 Å². The molecule has 1 saturated heterocycles. The Bertz CT molecular complexity index is 607. The van der Waals surface area contributed by atoms with E-state index >= 15 is 0 Å². The summed E-state index contributed by atoms with van der Waals surface area (Å²) in [6.45, 7) is 5.87. The van der Waals surface area contributed by atoms with Gasteiger partial charge in [0.25, 0.3) is 0 Å². The molecule has 0 saturated carbocycles. The number of nitrogen functional groups attached to an aromatic ring is 1. The van der Waals surface area contributed by atoms with Crippen molar-refractivity contribution in [2.75, 3.05) is 37.4 Å². The molecule has 5 heteroatoms. The Hall–Kier alpha value is -1.75. The molecule has 1 aliphatic heterocycles. The van der Waals surface area contributed by atoms with Gasteiger partial charge in [-0.05, 0) is 24.5 Å². The van der Waals surface area contributed by atoms with Gasteiger partial charge >= 0.3 is 0 Å². The van der Waals surface area contributed by atoms with Gasteiger partial charge < -0.3 is 15.4 Å². The van der Waals surface area contributed by atoms with Crippen molar-refractivity contribution < 1.29 is 4.74 Å². The van der Waals surface area contributed by atoms with Gasteiger partial charge in [-0.15, -0.1) is 0 Å². The molecule has 1 aliphatic rings. The molecule has 2 aromatic rings. The Morgan fingerprint density at radius 1 is 1.45 bits per heavy atom.